The average Bonchev–Trinajstić information content (AvgIpc) is 3.33. The van der Waals surface area contributed by atoms with E-state index in [1.54, 1.807) is 55.4 Å². The highest BCUT2D eigenvalue weighted by Gasteiger charge is 2.62. The van der Waals surface area contributed by atoms with Gasteiger partial charge < -0.3 is 31.3 Å². The van der Waals surface area contributed by atoms with E-state index in [2.05, 4.69) is 16.0 Å². The summed E-state index contributed by atoms with van der Waals surface area (Å²) in [5, 5.41) is 7.80. The third-order valence-electron chi connectivity index (χ3n) is 9.32. The highest BCUT2D eigenvalue weighted by Crippen LogP contribution is 2.57. The molecule has 2 unspecified atom stereocenters. The van der Waals surface area contributed by atoms with Gasteiger partial charge in [-0.2, -0.15) is 0 Å². The smallest absolute Gasteiger partial charge is 0.329 e. The van der Waals surface area contributed by atoms with Gasteiger partial charge in [0, 0.05) is 18.9 Å². The third kappa shape index (κ3) is 8.33. The van der Waals surface area contributed by atoms with Crippen LogP contribution in [0.3, 0.4) is 0 Å². The summed E-state index contributed by atoms with van der Waals surface area (Å²) in [4.78, 5) is 79.9. The predicted octanol–water partition coefficient (Wildman–Crippen LogP) is 2.52. The third-order valence-corrected chi connectivity index (χ3v) is 9.32. The summed E-state index contributed by atoms with van der Waals surface area (Å²) < 4.78 is 32.9. The van der Waals surface area contributed by atoms with Crippen LogP contribution in [0.5, 0.6) is 0 Å². The molecular formula is C32H51F2N5O7. The number of nitrogens with one attached hydrogen (secondary N) is 3. The number of alkyl halides is 2. The van der Waals surface area contributed by atoms with E-state index >= 15 is 0 Å². The van der Waals surface area contributed by atoms with Gasteiger partial charge in [0.1, 0.15) is 23.7 Å². The highest BCUT2D eigenvalue weighted by molar-refractivity contribution is 6.37. The molecule has 260 valence electrons. The van der Waals surface area contributed by atoms with Crippen LogP contribution in [-0.2, 0) is 28.7 Å². The lowest BCUT2D eigenvalue weighted by molar-refractivity contribution is -0.158. The quantitative estimate of drug-likeness (QED) is 0.195. The van der Waals surface area contributed by atoms with E-state index < -0.39 is 95.4 Å². The van der Waals surface area contributed by atoms with E-state index in [1.807, 2.05) is 13.8 Å². The van der Waals surface area contributed by atoms with E-state index in [9.17, 15) is 37.5 Å². The molecule has 12 nitrogen and oxygen atoms in total. The second kappa shape index (κ2) is 12.7. The Labute approximate surface area is 269 Å². The lowest BCUT2D eigenvalue weighted by Crippen LogP contribution is -2.62. The molecule has 5 amide bonds. The summed E-state index contributed by atoms with van der Waals surface area (Å²) in [6.07, 6.45) is -0.346. The first-order chi connectivity index (χ1) is 20.8. The molecule has 0 aromatic carbocycles. The van der Waals surface area contributed by atoms with Crippen LogP contribution >= 0.6 is 0 Å². The Kier molecular flexibility index (Phi) is 10.3. The molecule has 3 fully saturated rings. The number of carbonyl (C=O) groups excluding carboxylic acids is 6. The number of nitrogens with two attached hydrogens (primary N) is 1. The summed E-state index contributed by atoms with van der Waals surface area (Å²) in [5.41, 5.74) is 3.32. The number of amides is 5. The number of likely N-dealkylation sites (tertiary alicyclic amines) is 1. The van der Waals surface area contributed by atoms with Crippen molar-refractivity contribution in [3.63, 3.8) is 0 Å². The average molecular weight is 656 g/mol. The number of ether oxygens (including phenoxy) is 1. The molecule has 1 saturated heterocycles. The van der Waals surface area contributed by atoms with E-state index in [0.717, 1.165) is 0 Å². The standard InChI is InChI=1S/C32H51F2N5O7/c1-15(2)20(27(44)46-30(6,7)8)37-28(45)38-23(29(3,4)5)26(43)39-14-18-17(13-31(18,9)10)21(39)25(42)36-19(22(40)24(35)41)11-16-12-32(16,33)34/h15-21,23H,11-14H2,1-10H3,(H2,35,41)(H,36,42)(H2,37,38,45)/t16?,17-,18-,19?,20-,21-,23+/m0/s1. The first kappa shape index (κ1) is 37.1. The predicted molar refractivity (Wildman–Crippen MR) is 164 cm³/mol. The molecule has 5 N–H and O–H groups in total. The Hall–Kier alpha value is -3.32. The van der Waals surface area contributed by atoms with Gasteiger partial charge in [0.05, 0.1) is 6.04 Å². The molecule has 46 heavy (non-hydrogen) atoms. The molecular weight excluding hydrogens is 604 g/mol. The number of esters is 1. The van der Waals surface area contributed by atoms with Crippen molar-refractivity contribution in [3.8, 4) is 0 Å². The zero-order valence-electron chi connectivity index (χ0n) is 28.6. The fraction of sp³-hybridized carbons (Fsp3) is 0.812. The molecule has 0 aromatic rings. The van der Waals surface area contributed by atoms with Crippen molar-refractivity contribution < 1.29 is 42.3 Å². The largest absolute Gasteiger partial charge is 0.458 e. The Morgan fingerprint density at radius 3 is 1.96 bits per heavy atom. The first-order valence-electron chi connectivity index (χ1n) is 15.9. The maximum Gasteiger partial charge on any atom is 0.329 e. The number of rotatable bonds is 11. The van der Waals surface area contributed by atoms with Crippen molar-refractivity contribution in [2.45, 2.75) is 124 Å². The molecule has 1 heterocycles. The molecule has 2 aliphatic carbocycles. The van der Waals surface area contributed by atoms with Crippen LogP contribution in [0.25, 0.3) is 0 Å². The second-order valence-electron chi connectivity index (χ2n) is 16.3. The van der Waals surface area contributed by atoms with Gasteiger partial charge in [-0.05, 0) is 62.2 Å². The maximum absolute atomic E-state index is 14.3. The van der Waals surface area contributed by atoms with Crippen molar-refractivity contribution >= 4 is 35.5 Å². The number of halogens is 2. The Balaban J connectivity index is 1.86. The topological polar surface area (TPSA) is 177 Å². The monoisotopic (exact) mass is 655 g/mol. The van der Waals surface area contributed by atoms with Crippen molar-refractivity contribution in [2.75, 3.05) is 6.54 Å². The second-order valence-corrected chi connectivity index (χ2v) is 16.3. The van der Waals surface area contributed by atoms with Crippen LogP contribution in [0.4, 0.5) is 13.6 Å². The van der Waals surface area contributed by atoms with Gasteiger partial charge in [0.2, 0.25) is 17.6 Å². The van der Waals surface area contributed by atoms with Crippen LogP contribution in [0.2, 0.25) is 0 Å². The van der Waals surface area contributed by atoms with Gasteiger partial charge in [-0.3, -0.25) is 19.2 Å². The van der Waals surface area contributed by atoms with Gasteiger partial charge >= 0.3 is 12.0 Å². The maximum atomic E-state index is 14.3. The Bertz CT molecular complexity index is 1260. The van der Waals surface area contributed by atoms with Crippen molar-refractivity contribution in [3.05, 3.63) is 0 Å². The van der Waals surface area contributed by atoms with Crippen molar-refractivity contribution in [2.24, 2.45) is 40.2 Å². The van der Waals surface area contributed by atoms with Crippen LogP contribution in [-0.4, -0.2) is 82.6 Å². The molecule has 0 aromatic heterocycles. The number of ketones is 1. The zero-order chi connectivity index (χ0) is 35.3. The minimum atomic E-state index is -3.00. The van der Waals surface area contributed by atoms with Crippen LogP contribution in [0.15, 0.2) is 0 Å². The number of Topliss-reactive ketones (excluding diaryl/α,β-unsaturated/α-hetero) is 1. The summed E-state index contributed by atoms with van der Waals surface area (Å²) in [6.45, 7) is 18.1. The fourth-order valence-corrected chi connectivity index (χ4v) is 6.62. The van der Waals surface area contributed by atoms with E-state index in [-0.39, 0.29) is 29.7 Å². The van der Waals surface area contributed by atoms with Gasteiger partial charge in [-0.25, -0.2) is 18.4 Å². The lowest BCUT2D eigenvalue weighted by atomic mass is 9.55. The van der Waals surface area contributed by atoms with Crippen LogP contribution in [0.1, 0.15) is 88.5 Å². The van der Waals surface area contributed by atoms with Crippen LogP contribution in [0, 0.1) is 34.5 Å². The number of nitrogens with zero attached hydrogens (tertiary/aromatic N) is 1. The van der Waals surface area contributed by atoms with E-state index in [0.29, 0.717) is 6.42 Å². The van der Waals surface area contributed by atoms with Gasteiger partial charge in [0.25, 0.3) is 11.8 Å². The van der Waals surface area contributed by atoms with Gasteiger partial charge in [0.15, 0.2) is 0 Å². The number of carbonyl (C=O) groups is 6. The molecule has 0 radical (unpaired) electrons. The number of urea groups is 1. The molecule has 1 aliphatic heterocycles. The SMILES string of the molecule is CC(C)[C@H](NC(=O)N[C@H](C(=O)N1C[C@H]2[C@H](CC2(C)C)[C@H]1C(=O)NC(CC1CC1(F)F)C(=O)C(N)=O)C(C)(C)C)C(=O)OC(C)(C)C. The van der Waals surface area contributed by atoms with Gasteiger partial charge in [-0.15, -0.1) is 0 Å². The summed E-state index contributed by atoms with van der Waals surface area (Å²) >= 11 is 0. The molecule has 2 saturated carbocycles. The number of hydrogen-bond donors (Lipinski definition) is 4. The number of fused-ring (bicyclic) bond motifs is 1. The minimum absolute atomic E-state index is 0.0859. The molecule has 0 spiro atoms. The normalized spacial score (nSPS) is 26.5. The molecule has 14 heteroatoms. The summed E-state index contributed by atoms with van der Waals surface area (Å²) in [7, 11) is 0. The lowest BCUT2D eigenvalue weighted by Gasteiger charge is -2.48. The van der Waals surface area contributed by atoms with Crippen LogP contribution < -0.4 is 21.7 Å². The minimum Gasteiger partial charge on any atom is -0.458 e. The van der Waals surface area contributed by atoms with Crippen molar-refractivity contribution in [1.82, 2.24) is 20.9 Å². The summed E-state index contributed by atoms with van der Waals surface area (Å²) in [5.74, 6) is -9.37. The highest BCUT2D eigenvalue weighted by atomic mass is 19.3. The Morgan fingerprint density at radius 2 is 1.52 bits per heavy atom. The molecule has 3 aliphatic rings. The number of hydrogen-bond acceptors (Lipinski definition) is 7. The fourth-order valence-electron chi connectivity index (χ4n) is 6.62. The molecule has 7 atom stereocenters. The van der Waals surface area contributed by atoms with Gasteiger partial charge in [-0.1, -0.05) is 48.5 Å². The van der Waals surface area contributed by atoms with Crippen molar-refractivity contribution in [1.29, 1.82) is 0 Å². The molecule has 3 rings (SSSR count). The first-order valence-corrected chi connectivity index (χ1v) is 15.9. The number of primary amides is 1. The Morgan fingerprint density at radius 1 is 0.957 bits per heavy atom. The van der Waals surface area contributed by atoms with E-state index in [1.165, 1.54) is 4.90 Å². The summed E-state index contributed by atoms with van der Waals surface area (Å²) in [6, 6.07) is -5.57. The van der Waals surface area contributed by atoms with E-state index in [4.69, 9.17) is 10.5 Å². The molecule has 0 bridgehead atoms. The zero-order valence-corrected chi connectivity index (χ0v) is 28.6.